The maximum Gasteiger partial charge on any atom is 0.243 e. The molecule has 0 atom stereocenters. The van der Waals surface area contributed by atoms with Crippen LogP contribution < -0.4 is 16.0 Å². The lowest BCUT2D eigenvalue weighted by Gasteiger charge is -2.16. The van der Waals surface area contributed by atoms with Gasteiger partial charge in [0.15, 0.2) is 5.96 Å². The van der Waals surface area contributed by atoms with Gasteiger partial charge in [-0.15, -0.1) is 24.0 Å². The molecule has 3 N–H and O–H groups in total. The lowest BCUT2D eigenvalue weighted by molar-refractivity contribution is -0.115. The molecule has 0 heterocycles. The van der Waals surface area contributed by atoms with E-state index in [-0.39, 0.29) is 36.4 Å². The molecule has 1 aromatic carbocycles. The number of nitrogens with one attached hydrogen (secondary N) is 3. The van der Waals surface area contributed by atoms with Crippen LogP contribution in [0.25, 0.3) is 0 Å². The molecule has 128 valence electrons. The smallest absolute Gasteiger partial charge is 0.243 e. The van der Waals surface area contributed by atoms with E-state index in [1.807, 2.05) is 18.2 Å². The minimum absolute atomic E-state index is 0. The Hall–Kier alpha value is -1.31. The maximum atomic E-state index is 12.0. The Labute approximate surface area is 155 Å². The van der Waals surface area contributed by atoms with Crippen LogP contribution in [0.15, 0.2) is 29.3 Å². The van der Waals surface area contributed by atoms with Crippen LogP contribution in [0, 0.1) is 0 Å². The normalized spacial score (nSPS) is 15.0. The number of halogens is 1. The highest BCUT2D eigenvalue weighted by Crippen LogP contribution is 2.17. The van der Waals surface area contributed by atoms with Gasteiger partial charge in [-0.05, 0) is 37.0 Å². The first-order valence-electron chi connectivity index (χ1n) is 8.07. The van der Waals surface area contributed by atoms with E-state index >= 15 is 0 Å². The third kappa shape index (κ3) is 6.76. The lowest BCUT2D eigenvalue weighted by atomic mass is 10.1. The molecule has 0 unspecified atom stereocenters. The largest absolute Gasteiger partial charge is 0.354 e. The zero-order valence-corrected chi connectivity index (χ0v) is 16.2. The first-order chi connectivity index (χ1) is 10.7. The van der Waals surface area contributed by atoms with Gasteiger partial charge >= 0.3 is 0 Å². The number of aryl methyl sites for hydroxylation is 1. The fourth-order valence-electron chi connectivity index (χ4n) is 2.70. The van der Waals surface area contributed by atoms with Gasteiger partial charge in [0.25, 0.3) is 0 Å². The van der Waals surface area contributed by atoms with Gasteiger partial charge in [-0.25, -0.2) is 0 Å². The van der Waals surface area contributed by atoms with E-state index in [9.17, 15) is 4.79 Å². The predicted octanol–water partition coefficient (Wildman–Crippen LogP) is 2.91. The number of carbonyl (C=O) groups excluding carboxylic acids is 1. The molecular formula is C17H27IN4O. The molecule has 1 amide bonds. The molecule has 1 aromatic rings. The summed E-state index contributed by atoms with van der Waals surface area (Å²) < 4.78 is 0. The summed E-state index contributed by atoms with van der Waals surface area (Å²) in [6.45, 7) is 2.31. The Kier molecular flexibility index (Phi) is 8.98. The second-order valence-corrected chi connectivity index (χ2v) is 5.65. The standard InChI is InChI=1S/C17H26N4O.HI/c1-3-13-7-6-10-15(11-13)20-16(22)12-19-17(18-2)21-14-8-4-5-9-14;/h6-7,10-11,14H,3-5,8-9,12H2,1-2H3,(H,20,22)(H2,18,19,21);1H. The van der Waals surface area contributed by atoms with Crippen molar-refractivity contribution in [2.24, 2.45) is 4.99 Å². The minimum Gasteiger partial charge on any atom is -0.354 e. The molecule has 1 aliphatic rings. The Morgan fingerprint density at radius 3 is 2.70 bits per heavy atom. The van der Waals surface area contributed by atoms with E-state index in [0.717, 1.165) is 12.1 Å². The Balaban J connectivity index is 0.00000264. The molecule has 1 aliphatic carbocycles. The number of amides is 1. The summed E-state index contributed by atoms with van der Waals surface area (Å²) in [5, 5.41) is 9.34. The van der Waals surface area contributed by atoms with Crippen LogP contribution in [0.3, 0.4) is 0 Å². The SMILES string of the molecule is CCc1cccc(NC(=O)CNC(=NC)NC2CCCC2)c1.I. The number of benzene rings is 1. The van der Waals surface area contributed by atoms with E-state index < -0.39 is 0 Å². The van der Waals surface area contributed by atoms with E-state index in [1.165, 1.54) is 31.2 Å². The first-order valence-corrected chi connectivity index (χ1v) is 8.07. The van der Waals surface area contributed by atoms with Crippen molar-refractivity contribution in [3.63, 3.8) is 0 Å². The van der Waals surface area contributed by atoms with Gasteiger partial charge in [0.2, 0.25) is 5.91 Å². The van der Waals surface area contributed by atoms with Gasteiger partial charge < -0.3 is 16.0 Å². The molecule has 5 nitrogen and oxygen atoms in total. The van der Waals surface area contributed by atoms with E-state index in [1.54, 1.807) is 7.05 Å². The second kappa shape index (κ2) is 10.5. The van der Waals surface area contributed by atoms with Gasteiger partial charge in [0, 0.05) is 18.8 Å². The van der Waals surface area contributed by atoms with E-state index in [2.05, 4.69) is 33.9 Å². The lowest BCUT2D eigenvalue weighted by Crippen LogP contribution is -2.45. The van der Waals surface area contributed by atoms with Gasteiger partial charge in [-0.1, -0.05) is 31.9 Å². The molecule has 0 bridgehead atoms. The van der Waals surface area contributed by atoms with Crippen molar-refractivity contribution in [1.82, 2.24) is 10.6 Å². The van der Waals surface area contributed by atoms with Crippen molar-refractivity contribution >= 4 is 41.5 Å². The number of hydrogen-bond acceptors (Lipinski definition) is 2. The number of carbonyl (C=O) groups is 1. The number of guanidine groups is 1. The van der Waals surface area contributed by atoms with Crippen molar-refractivity contribution in [3.05, 3.63) is 29.8 Å². The topological polar surface area (TPSA) is 65.5 Å². The average Bonchev–Trinajstić information content (AvgIpc) is 3.04. The summed E-state index contributed by atoms with van der Waals surface area (Å²) in [4.78, 5) is 16.2. The van der Waals surface area contributed by atoms with Crippen LogP contribution in [0.5, 0.6) is 0 Å². The van der Waals surface area contributed by atoms with Crippen LogP contribution in [-0.4, -0.2) is 31.5 Å². The van der Waals surface area contributed by atoms with Crippen LogP contribution in [0.1, 0.15) is 38.2 Å². The van der Waals surface area contributed by atoms with Crippen molar-refractivity contribution < 1.29 is 4.79 Å². The highest BCUT2D eigenvalue weighted by Gasteiger charge is 2.16. The van der Waals surface area contributed by atoms with Crippen molar-refractivity contribution in [2.45, 2.75) is 45.1 Å². The highest BCUT2D eigenvalue weighted by atomic mass is 127. The van der Waals surface area contributed by atoms with Crippen LogP contribution in [0.2, 0.25) is 0 Å². The number of rotatable bonds is 5. The summed E-state index contributed by atoms with van der Waals surface area (Å²) in [7, 11) is 1.73. The molecule has 1 saturated carbocycles. The van der Waals surface area contributed by atoms with Crippen molar-refractivity contribution in [1.29, 1.82) is 0 Å². The fraction of sp³-hybridized carbons (Fsp3) is 0.529. The zero-order chi connectivity index (χ0) is 15.8. The number of anilines is 1. The molecule has 23 heavy (non-hydrogen) atoms. The Bertz CT molecular complexity index is 527. The summed E-state index contributed by atoms with van der Waals surface area (Å²) in [5.41, 5.74) is 2.05. The first kappa shape index (κ1) is 19.7. The predicted molar refractivity (Wildman–Crippen MR) is 107 cm³/mol. The summed E-state index contributed by atoms with van der Waals surface area (Å²) in [6.07, 6.45) is 5.85. The van der Waals surface area contributed by atoms with Crippen molar-refractivity contribution in [2.75, 3.05) is 18.9 Å². The molecule has 6 heteroatoms. The van der Waals surface area contributed by atoms with Crippen LogP contribution in [-0.2, 0) is 11.2 Å². The number of nitrogens with zero attached hydrogens (tertiary/aromatic N) is 1. The molecule has 0 aliphatic heterocycles. The summed E-state index contributed by atoms with van der Waals surface area (Å²) in [6, 6.07) is 8.41. The maximum absolute atomic E-state index is 12.0. The summed E-state index contributed by atoms with van der Waals surface area (Å²) in [5.74, 6) is 0.631. The monoisotopic (exact) mass is 430 g/mol. The molecule has 0 saturated heterocycles. The van der Waals surface area contributed by atoms with E-state index in [0.29, 0.717) is 12.0 Å². The summed E-state index contributed by atoms with van der Waals surface area (Å²) >= 11 is 0. The third-order valence-corrected chi connectivity index (χ3v) is 3.95. The molecular weight excluding hydrogens is 403 g/mol. The van der Waals surface area contributed by atoms with Crippen molar-refractivity contribution in [3.8, 4) is 0 Å². The van der Waals surface area contributed by atoms with Gasteiger partial charge in [0.1, 0.15) is 0 Å². The molecule has 0 spiro atoms. The minimum atomic E-state index is -0.0670. The number of aliphatic imine (C=N–C) groups is 1. The Morgan fingerprint density at radius 1 is 1.30 bits per heavy atom. The average molecular weight is 430 g/mol. The fourth-order valence-corrected chi connectivity index (χ4v) is 2.70. The molecule has 0 aromatic heterocycles. The molecule has 1 fully saturated rings. The molecule has 2 rings (SSSR count). The second-order valence-electron chi connectivity index (χ2n) is 5.65. The highest BCUT2D eigenvalue weighted by molar-refractivity contribution is 14.0. The van der Waals surface area contributed by atoms with Gasteiger partial charge in [0.05, 0.1) is 6.54 Å². The van der Waals surface area contributed by atoms with Crippen LogP contribution >= 0.6 is 24.0 Å². The van der Waals surface area contributed by atoms with E-state index in [4.69, 9.17) is 0 Å². The van der Waals surface area contributed by atoms with Gasteiger partial charge in [-0.2, -0.15) is 0 Å². The van der Waals surface area contributed by atoms with Crippen LogP contribution in [0.4, 0.5) is 5.69 Å². The quantitative estimate of drug-likeness (QED) is 0.383. The third-order valence-electron chi connectivity index (χ3n) is 3.95. The number of hydrogen-bond donors (Lipinski definition) is 3. The zero-order valence-electron chi connectivity index (χ0n) is 13.9. The Morgan fingerprint density at radius 2 is 2.04 bits per heavy atom. The van der Waals surface area contributed by atoms with Gasteiger partial charge in [-0.3, -0.25) is 9.79 Å². The molecule has 0 radical (unpaired) electrons.